The zero-order valence-corrected chi connectivity index (χ0v) is 13.9. The number of nitro groups is 1. The molecule has 136 valence electrons. The molecule has 0 radical (unpaired) electrons. The summed E-state index contributed by atoms with van der Waals surface area (Å²) in [5.41, 5.74) is 0.395. The molecule has 0 amide bonds. The molecule has 0 aliphatic carbocycles. The van der Waals surface area contributed by atoms with Gasteiger partial charge in [0.2, 0.25) is 13.3 Å². The Labute approximate surface area is 144 Å². The summed E-state index contributed by atoms with van der Waals surface area (Å²) in [6.45, 7) is 2.66. The van der Waals surface area contributed by atoms with Crippen LogP contribution in [0.25, 0.3) is 0 Å². The first kappa shape index (κ1) is 18.5. The van der Waals surface area contributed by atoms with Gasteiger partial charge in [-0.15, -0.1) is 0 Å². The van der Waals surface area contributed by atoms with E-state index in [9.17, 15) is 19.7 Å². The van der Waals surface area contributed by atoms with Crippen molar-refractivity contribution >= 4 is 11.9 Å². The molecule has 1 aliphatic rings. The predicted molar refractivity (Wildman–Crippen MR) is 83.9 cm³/mol. The van der Waals surface area contributed by atoms with E-state index >= 15 is 0 Å². The summed E-state index contributed by atoms with van der Waals surface area (Å²) >= 11 is 0. The Bertz CT molecular complexity index is 642. The first-order valence-corrected chi connectivity index (χ1v) is 7.82. The van der Waals surface area contributed by atoms with E-state index in [0.29, 0.717) is 17.1 Å². The van der Waals surface area contributed by atoms with Crippen LogP contribution < -0.4 is 9.47 Å². The van der Waals surface area contributed by atoms with E-state index in [0.717, 1.165) is 0 Å². The molecule has 0 unspecified atom stereocenters. The number of hydrogen-bond donors (Lipinski definition) is 0. The monoisotopic (exact) mass is 353 g/mol. The molecule has 1 aromatic rings. The van der Waals surface area contributed by atoms with Gasteiger partial charge in [0.15, 0.2) is 17.4 Å². The van der Waals surface area contributed by atoms with Crippen molar-refractivity contribution in [1.29, 1.82) is 0 Å². The average Bonchev–Trinajstić information content (AvgIpc) is 3.02. The lowest BCUT2D eigenvalue weighted by Crippen LogP contribution is -2.36. The molecule has 0 saturated carbocycles. The van der Waals surface area contributed by atoms with Crippen molar-refractivity contribution in [3.05, 3.63) is 33.9 Å². The van der Waals surface area contributed by atoms with E-state index in [4.69, 9.17) is 18.9 Å². The molecular formula is C16H19NO8. The molecule has 0 aromatic heterocycles. The molecule has 9 nitrogen and oxygen atoms in total. The fraction of sp³-hybridized carbons (Fsp3) is 0.500. The van der Waals surface area contributed by atoms with E-state index in [1.54, 1.807) is 26.0 Å². The van der Waals surface area contributed by atoms with Gasteiger partial charge >= 0.3 is 11.9 Å². The standard InChI is InChI=1S/C16H19NO8/c1-3-22-15(18)14(16(19)23-4-2)11(8-17(20)21)10-5-6-12-13(7-10)25-9-24-12/h5-7,11,14H,3-4,8-9H2,1-2H3/t11-/m1/s1. The molecule has 0 fully saturated rings. The number of esters is 2. The van der Waals surface area contributed by atoms with Gasteiger partial charge in [-0.05, 0) is 31.5 Å². The second-order valence-electron chi connectivity index (χ2n) is 5.22. The molecule has 2 rings (SSSR count). The van der Waals surface area contributed by atoms with Crippen molar-refractivity contribution < 1.29 is 33.5 Å². The van der Waals surface area contributed by atoms with Gasteiger partial charge in [-0.2, -0.15) is 0 Å². The van der Waals surface area contributed by atoms with Gasteiger partial charge in [-0.3, -0.25) is 19.7 Å². The maximum absolute atomic E-state index is 12.3. The van der Waals surface area contributed by atoms with E-state index in [-0.39, 0.29) is 20.0 Å². The lowest BCUT2D eigenvalue weighted by molar-refractivity contribution is -0.484. The number of rotatable bonds is 8. The van der Waals surface area contributed by atoms with Gasteiger partial charge in [0.1, 0.15) is 0 Å². The Morgan fingerprint density at radius 2 is 1.76 bits per heavy atom. The lowest BCUT2D eigenvalue weighted by Gasteiger charge is -2.22. The van der Waals surface area contributed by atoms with Gasteiger partial charge in [0.05, 0.1) is 19.1 Å². The zero-order chi connectivity index (χ0) is 18.4. The summed E-state index contributed by atoms with van der Waals surface area (Å²) in [4.78, 5) is 35.1. The Balaban J connectivity index is 2.42. The molecule has 1 heterocycles. The van der Waals surface area contributed by atoms with Crippen molar-refractivity contribution in [1.82, 2.24) is 0 Å². The van der Waals surface area contributed by atoms with Crippen molar-refractivity contribution in [3.63, 3.8) is 0 Å². The summed E-state index contributed by atoms with van der Waals surface area (Å²) in [5.74, 6) is -3.31. The SMILES string of the molecule is CCOC(=O)C(C(=O)OCC)[C@H](C[N+](=O)[O-])c1ccc2c(c1)OCO2. The third kappa shape index (κ3) is 4.37. The Kier molecular flexibility index (Phi) is 6.15. The second kappa shape index (κ2) is 8.32. The van der Waals surface area contributed by atoms with Gasteiger partial charge in [0.25, 0.3) is 0 Å². The van der Waals surface area contributed by atoms with Crippen LogP contribution in [-0.2, 0) is 19.1 Å². The molecule has 9 heteroatoms. The topological polar surface area (TPSA) is 114 Å². The van der Waals surface area contributed by atoms with Crippen molar-refractivity contribution in [2.45, 2.75) is 19.8 Å². The quantitative estimate of drug-likeness (QED) is 0.299. The molecule has 0 bridgehead atoms. The zero-order valence-electron chi connectivity index (χ0n) is 13.9. The maximum atomic E-state index is 12.3. The highest BCUT2D eigenvalue weighted by Gasteiger charge is 2.41. The summed E-state index contributed by atoms with van der Waals surface area (Å²) in [7, 11) is 0. The van der Waals surface area contributed by atoms with Crippen LogP contribution in [0.15, 0.2) is 18.2 Å². The highest BCUT2D eigenvalue weighted by molar-refractivity contribution is 5.96. The first-order valence-electron chi connectivity index (χ1n) is 7.82. The average molecular weight is 353 g/mol. The van der Waals surface area contributed by atoms with Gasteiger partial charge in [-0.25, -0.2) is 0 Å². The van der Waals surface area contributed by atoms with E-state index in [2.05, 4.69) is 0 Å². The minimum absolute atomic E-state index is 0.0396. The van der Waals surface area contributed by atoms with Crippen LogP contribution in [0.5, 0.6) is 11.5 Å². The Hall–Kier alpha value is -2.84. The van der Waals surface area contributed by atoms with Crippen LogP contribution in [0.3, 0.4) is 0 Å². The summed E-state index contributed by atoms with van der Waals surface area (Å²) in [5, 5.41) is 11.1. The minimum Gasteiger partial charge on any atom is -0.465 e. The van der Waals surface area contributed by atoms with Crippen molar-refractivity contribution in [2.75, 3.05) is 26.6 Å². The normalized spacial score (nSPS) is 13.4. The van der Waals surface area contributed by atoms with Crippen molar-refractivity contribution in [3.8, 4) is 11.5 Å². The third-order valence-corrected chi connectivity index (χ3v) is 3.65. The number of ether oxygens (including phenoxy) is 4. The number of fused-ring (bicyclic) bond motifs is 1. The van der Waals surface area contributed by atoms with Crippen LogP contribution in [0.1, 0.15) is 25.3 Å². The number of hydrogen-bond acceptors (Lipinski definition) is 8. The van der Waals surface area contributed by atoms with Crippen LogP contribution in [0.2, 0.25) is 0 Å². The molecular weight excluding hydrogens is 334 g/mol. The van der Waals surface area contributed by atoms with Crippen LogP contribution in [0.4, 0.5) is 0 Å². The van der Waals surface area contributed by atoms with E-state index in [1.807, 2.05) is 0 Å². The predicted octanol–water partition coefficient (Wildman–Crippen LogP) is 1.52. The van der Waals surface area contributed by atoms with E-state index < -0.39 is 35.2 Å². The number of carbonyl (C=O) groups excluding carboxylic acids is 2. The summed E-state index contributed by atoms with van der Waals surface area (Å²) in [6.07, 6.45) is 0. The lowest BCUT2D eigenvalue weighted by atomic mass is 9.85. The molecule has 25 heavy (non-hydrogen) atoms. The minimum atomic E-state index is -1.44. The fourth-order valence-corrected chi connectivity index (χ4v) is 2.60. The molecule has 1 atom stereocenters. The number of benzene rings is 1. The van der Waals surface area contributed by atoms with E-state index in [1.165, 1.54) is 6.07 Å². The molecule has 0 N–H and O–H groups in total. The molecule has 0 saturated heterocycles. The molecule has 0 spiro atoms. The Morgan fingerprint density at radius 3 is 2.32 bits per heavy atom. The smallest absolute Gasteiger partial charge is 0.321 e. The fourth-order valence-electron chi connectivity index (χ4n) is 2.60. The highest BCUT2D eigenvalue weighted by Crippen LogP contribution is 2.37. The summed E-state index contributed by atoms with van der Waals surface area (Å²) < 4.78 is 20.3. The van der Waals surface area contributed by atoms with Gasteiger partial charge in [0, 0.05) is 4.92 Å². The number of carbonyl (C=O) groups is 2. The highest BCUT2D eigenvalue weighted by atomic mass is 16.7. The Morgan fingerprint density at radius 1 is 1.16 bits per heavy atom. The van der Waals surface area contributed by atoms with Crippen LogP contribution in [-0.4, -0.2) is 43.4 Å². The van der Waals surface area contributed by atoms with Crippen molar-refractivity contribution in [2.24, 2.45) is 5.92 Å². The second-order valence-corrected chi connectivity index (χ2v) is 5.22. The largest absolute Gasteiger partial charge is 0.465 e. The van der Waals surface area contributed by atoms with Gasteiger partial charge in [-0.1, -0.05) is 6.07 Å². The van der Waals surface area contributed by atoms with Crippen LogP contribution in [0, 0.1) is 16.0 Å². The third-order valence-electron chi connectivity index (χ3n) is 3.65. The first-order chi connectivity index (χ1) is 12.0. The molecule has 1 aliphatic heterocycles. The number of nitrogens with zero attached hydrogens (tertiary/aromatic N) is 1. The summed E-state index contributed by atoms with van der Waals surface area (Å²) in [6, 6.07) is 4.67. The molecule has 1 aromatic carbocycles. The van der Waals surface area contributed by atoms with Crippen LogP contribution >= 0.6 is 0 Å². The maximum Gasteiger partial charge on any atom is 0.321 e. The van der Waals surface area contributed by atoms with Gasteiger partial charge < -0.3 is 18.9 Å².